The molecule has 0 fully saturated rings. The van der Waals surface area contributed by atoms with E-state index in [1.54, 1.807) is 12.1 Å². The van der Waals surface area contributed by atoms with Gasteiger partial charge in [-0.1, -0.05) is 6.07 Å². The Labute approximate surface area is 125 Å². The topological polar surface area (TPSA) is 113 Å². The third-order valence-corrected chi connectivity index (χ3v) is 3.94. The highest BCUT2D eigenvalue weighted by molar-refractivity contribution is 9.10. The first-order valence-electron chi connectivity index (χ1n) is 5.87. The van der Waals surface area contributed by atoms with Gasteiger partial charge >= 0.3 is 5.69 Å². The van der Waals surface area contributed by atoms with Crippen LogP contribution in [0.5, 0.6) is 5.75 Å². The van der Waals surface area contributed by atoms with Gasteiger partial charge in [0.2, 0.25) is 15.8 Å². The van der Waals surface area contributed by atoms with Crippen molar-refractivity contribution >= 4 is 31.6 Å². The van der Waals surface area contributed by atoms with Crippen molar-refractivity contribution in [1.29, 1.82) is 0 Å². The number of para-hydroxylation sites is 1. The Hall–Kier alpha value is -1.19. The number of hydrogen-bond acceptors (Lipinski definition) is 5. The van der Waals surface area contributed by atoms with Gasteiger partial charge in [0.25, 0.3) is 0 Å². The van der Waals surface area contributed by atoms with Crippen LogP contribution < -0.4 is 9.88 Å². The van der Waals surface area contributed by atoms with Gasteiger partial charge in [0.05, 0.1) is 21.8 Å². The molecule has 0 amide bonds. The average molecular weight is 367 g/mol. The maximum atomic E-state index is 10.8. The quantitative estimate of drug-likeness (QED) is 0.430. The Balaban J connectivity index is 2.45. The fraction of sp³-hybridized carbons (Fsp3) is 0.455. The van der Waals surface area contributed by atoms with Crippen LogP contribution in [-0.4, -0.2) is 25.7 Å². The summed E-state index contributed by atoms with van der Waals surface area (Å²) >= 11 is 3.20. The standard InChI is InChI=1S/C11H15BrN2O5S/c12-9-5-4-6-10(14(15)16)11(9)19-7-2-1-3-8-20(13,17)18/h4-6H,1-3,7-8H2,(H2,13,17,18). The van der Waals surface area contributed by atoms with Gasteiger partial charge in [0.1, 0.15) is 0 Å². The molecule has 0 aromatic heterocycles. The summed E-state index contributed by atoms with van der Waals surface area (Å²) in [6, 6.07) is 4.58. The predicted molar refractivity (Wildman–Crippen MR) is 78.1 cm³/mol. The monoisotopic (exact) mass is 366 g/mol. The summed E-state index contributed by atoms with van der Waals surface area (Å²) in [5.74, 6) is 0.117. The van der Waals surface area contributed by atoms with E-state index in [1.807, 2.05) is 0 Å². The number of unbranched alkanes of at least 4 members (excludes halogenated alkanes) is 2. The highest BCUT2D eigenvalue weighted by atomic mass is 79.9. The third-order valence-electron chi connectivity index (χ3n) is 2.46. The molecule has 0 heterocycles. The summed E-state index contributed by atoms with van der Waals surface area (Å²) in [6.45, 7) is 0.272. The zero-order valence-corrected chi connectivity index (χ0v) is 13.0. The number of hydrogen-bond donors (Lipinski definition) is 1. The van der Waals surface area contributed by atoms with Crippen molar-refractivity contribution in [2.75, 3.05) is 12.4 Å². The van der Waals surface area contributed by atoms with Crippen molar-refractivity contribution in [2.45, 2.75) is 19.3 Å². The van der Waals surface area contributed by atoms with E-state index in [0.717, 1.165) is 0 Å². The molecule has 0 saturated carbocycles. The van der Waals surface area contributed by atoms with E-state index in [9.17, 15) is 18.5 Å². The second kappa shape index (κ2) is 7.55. The fourth-order valence-corrected chi connectivity index (χ4v) is 2.62. The molecular weight excluding hydrogens is 352 g/mol. The summed E-state index contributed by atoms with van der Waals surface area (Å²) in [7, 11) is -3.43. The largest absolute Gasteiger partial charge is 0.486 e. The summed E-state index contributed by atoms with van der Waals surface area (Å²) in [4.78, 5) is 10.3. The normalized spacial score (nSPS) is 11.3. The SMILES string of the molecule is NS(=O)(=O)CCCCCOc1c(Br)cccc1[N+](=O)[O-]. The second-order valence-corrected chi connectivity index (χ2v) is 6.71. The van der Waals surface area contributed by atoms with Crippen molar-refractivity contribution < 1.29 is 18.1 Å². The molecule has 2 N–H and O–H groups in total. The number of nitro groups is 1. The lowest BCUT2D eigenvalue weighted by Gasteiger charge is -2.08. The van der Waals surface area contributed by atoms with Crippen molar-refractivity contribution in [1.82, 2.24) is 0 Å². The number of sulfonamides is 1. The zero-order valence-electron chi connectivity index (χ0n) is 10.6. The highest BCUT2D eigenvalue weighted by Crippen LogP contribution is 2.34. The number of rotatable bonds is 8. The maximum Gasteiger partial charge on any atom is 0.312 e. The zero-order chi connectivity index (χ0) is 15.2. The number of primary sulfonamides is 1. The number of halogens is 1. The predicted octanol–water partition coefficient (Wildman–Crippen LogP) is 2.19. The van der Waals surface area contributed by atoms with Crippen molar-refractivity contribution in [3.05, 3.63) is 32.8 Å². The van der Waals surface area contributed by atoms with Gasteiger partial charge in [-0.15, -0.1) is 0 Å². The molecule has 0 aliphatic carbocycles. The Morgan fingerprint density at radius 3 is 2.60 bits per heavy atom. The molecule has 0 bridgehead atoms. The molecule has 20 heavy (non-hydrogen) atoms. The van der Waals surface area contributed by atoms with Gasteiger partial charge in [0, 0.05) is 6.07 Å². The molecule has 0 aliphatic rings. The molecule has 0 atom stereocenters. The third kappa shape index (κ3) is 5.85. The molecule has 7 nitrogen and oxygen atoms in total. The lowest BCUT2D eigenvalue weighted by Crippen LogP contribution is -2.16. The molecule has 0 unspecified atom stereocenters. The summed E-state index contributed by atoms with van der Waals surface area (Å²) in [6.07, 6.45) is 1.66. The van der Waals surface area contributed by atoms with E-state index < -0.39 is 14.9 Å². The average Bonchev–Trinajstić information content (AvgIpc) is 2.33. The minimum atomic E-state index is -3.43. The lowest BCUT2D eigenvalue weighted by atomic mass is 10.2. The first kappa shape index (κ1) is 16.9. The molecule has 1 aromatic rings. The van der Waals surface area contributed by atoms with Crippen molar-refractivity contribution in [2.24, 2.45) is 5.14 Å². The van der Waals surface area contributed by atoms with Crippen LogP contribution in [0.1, 0.15) is 19.3 Å². The molecule has 0 radical (unpaired) electrons. The first-order chi connectivity index (χ1) is 9.31. The lowest BCUT2D eigenvalue weighted by molar-refractivity contribution is -0.386. The van der Waals surface area contributed by atoms with Crippen LogP contribution in [0, 0.1) is 10.1 Å². The molecule has 0 aliphatic heterocycles. The van der Waals surface area contributed by atoms with Gasteiger partial charge < -0.3 is 4.74 Å². The smallest absolute Gasteiger partial charge is 0.312 e. The number of nitrogens with two attached hydrogens (primary N) is 1. The minimum absolute atomic E-state index is 0.0673. The van der Waals surface area contributed by atoms with Crippen molar-refractivity contribution in [3.8, 4) is 5.75 Å². The number of nitrogens with zero attached hydrogens (tertiary/aromatic N) is 1. The molecule has 0 spiro atoms. The van der Waals surface area contributed by atoms with Crippen LogP contribution in [0.3, 0.4) is 0 Å². The van der Waals surface area contributed by atoms with Gasteiger partial charge in [0.15, 0.2) is 0 Å². The summed E-state index contributed by atoms with van der Waals surface area (Å²) in [5, 5.41) is 15.7. The van der Waals surface area contributed by atoms with E-state index in [-0.39, 0.29) is 23.8 Å². The Morgan fingerprint density at radius 2 is 2.00 bits per heavy atom. The molecule has 1 rings (SSSR count). The Bertz CT molecular complexity index is 576. The fourth-order valence-electron chi connectivity index (χ4n) is 1.54. The van der Waals surface area contributed by atoms with E-state index in [2.05, 4.69) is 15.9 Å². The van der Waals surface area contributed by atoms with Gasteiger partial charge in [-0.05, 0) is 41.3 Å². The van der Waals surface area contributed by atoms with E-state index >= 15 is 0 Å². The number of nitro benzene ring substituents is 1. The molecule has 112 valence electrons. The number of ether oxygens (including phenoxy) is 1. The Morgan fingerprint density at radius 1 is 1.30 bits per heavy atom. The van der Waals surface area contributed by atoms with E-state index in [4.69, 9.17) is 9.88 Å². The minimum Gasteiger partial charge on any atom is -0.486 e. The Kier molecular flexibility index (Phi) is 6.37. The highest BCUT2D eigenvalue weighted by Gasteiger charge is 2.17. The summed E-state index contributed by atoms with van der Waals surface area (Å²) < 4.78 is 27.3. The molecule has 1 aromatic carbocycles. The van der Waals surface area contributed by atoms with Gasteiger partial charge in [-0.3, -0.25) is 10.1 Å². The number of benzene rings is 1. The van der Waals surface area contributed by atoms with Crippen LogP contribution in [0.15, 0.2) is 22.7 Å². The van der Waals surface area contributed by atoms with Crippen LogP contribution in [0.2, 0.25) is 0 Å². The van der Waals surface area contributed by atoms with Gasteiger partial charge in [-0.2, -0.15) is 0 Å². The molecular formula is C11H15BrN2O5S. The van der Waals surface area contributed by atoms with Crippen LogP contribution in [0.4, 0.5) is 5.69 Å². The molecule has 9 heteroatoms. The molecule has 0 saturated heterocycles. The van der Waals surface area contributed by atoms with Crippen molar-refractivity contribution in [3.63, 3.8) is 0 Å². The second-order valence-electron chi connectivity index (χ2n) is 4.12. The van der Waals surface area contributed by atoms with E-state index in [0.29, 0.717) is 23.7 Å². The summed E-state index contributed by atoms with van der Waals surface area (Å²) in [5.41, 5.74) is -0.107. The van der Waals surface area contributed by atoms with Crippen LogP contribution in [0.25, 0.3) is 0 Å². The van der Waals surface area contributed by atoms with E-state index in [1.165, 1.54) is 6.07 Å². The maximum absolute atomic E-state index is 10.8. The van der Waals surface area contributed by atoms with Gasteiger partial charge in [-0.25, -0.2) is 13.6 Å². The first-order valence-corrected chi connectivity index (χ1v) is 8.38. The van der Waals surface area contributed by atoms with Crippen LogP contribution >= 0.6 is 15.9 Å². The van der Waals surface area contributed by atoms with Crippen LogP contribution in [-0.2, 0) is 10.0 Å².